The van der Waals surface area contributed by atoms with Crippen LogP contribution in [-0.4, -0.2) is 24.6 Å². The van der Waals surface area contributed by atoms with Gasteiger partial charge in [-0.25, -0.2) is 0 Å². The van der Waals surface area contributed by atoms with Crippen molar-refractivity contribution in [1.82, 2.24) is 5.32 Å². The minimum atomic E-state index is -0.106. The molecule has 2 N–H and O–H groups in total. The van der Waals surface area contributed by atoms with Gasteiger partial charge in [0.2, 0.25) is 0 Å². The number of ether oxygens (including phenoxy) is 1. The molecule has 2 bridgehead atoms. The number of amides is 1. The lowest BCUT2D eigenvalue weighted by Crippen LogP contribution is -2.34. The largest absolute Gasteiger partial charge is 0.367 e. The number of morpholine rings is 1. The van der Waals surface area contributed by atoms with E-state index in [0.29, 0.717) is 17.7 Å². The van der Waals surface area contributed by atoms with Crippen molar-refractivity contribution in [3.63, 3.8) is 0 Å². The lowest BCUT2D eigenvalue weighted by molar-refractivity contribution is 0.0160. The smallest absolute Gasteiger partial charge is 0.255 e. The number of nitrogens with one attached hydrogen (secondary N) is 2. The predicted molar refractivity (Wildman–Crippen MR) is 92.6 cm³/mol. The highest BCUT2D eigenvalue weighted by molar-refractivity contribution is 9.10. The average Bonchev–Trinajstić information content (AvgIpc) is 3.20. The molecule has 5 heteroatoms. The standard InChI is InChI=1S/C18H17BrN2O2/c19-13-5-7-14(8-6-13)21-18(22)12-3-1-11(2-4-12)17-16-9-15(23-17)10-20-16/h1-8,15-17,20H,9-10H2,(H,21,22)/t15-,16-,17+/m1/s1. The van der Waals surface area contributed by atoms with Gasteiger partial charge in [0, 0.05) is 28.3 Å². The summed E-state index contributed by atoms with van der Waals surface area (Å²) in [6.07, 6.45) is 1.53. The number of fused-ring (bicyclic) bond motifs is 2. The first-order chi connectivity index (χ1) is 11.2. The third kappa shape index (κ3) is 3.04. The summed E-state index contributed by atoms with van der Waals surface area (Å²) in [5, 5.41) is 6.37. The van der Waals surface area contributed by atoms with Gasteiger partial charge in [0.25, 0.3) is 5.91 Å². The third-order valence-electron chi connectivity index (χ3n) is 4.43. The highest BCUT2D eigenvalue weighted by Gasteiger charge is 2.41. The predicted octanol–water partition coefficient (Wildman–Crippen LogP) is 3.50. The van der Waals surface area contributed by atoms with Gasteiger partial charge in [0.1, 0.15) is 0 Å². The van der Waals surface area contributed by atoms with Gasteiger partial charge >= 0.3 is 0 Å². The molecule has 118 valence electrons. The van der Waals surface area contributed by atoms with E-state index < -0.39 is 0 Å². The molecule has 0 radical (unpaired) electrons. The summed E-state index contributed by atoms with van der Waals surface area (Å²) in [5.74, 6) is -0.106. The molecule has 0 unspecified atom stereocenters. The molecule has 0 saturated carbocycles. The summed E-state index contributed by atoms with van der Waals surface area (Å²) in [5.41, 5.74) is 2.56. The maximum atomic E-state index is 12.3. The Morgan fingerprint density at radius 1 is 1.13 bits per heavy atom. The van der Waals surface area contributed by atoms with E-state index in [1.165, 1.54) is 0 Å². The monoisotopic (exact) mass is 372 g/mol. The number of carbonyl (C=O) groups excluding carboxylic acids is 1. The molecule has 23 heavy (non-hydrogen) atoms. The molecule has 4 rings (SSSR count). The number of anilines is 1. The molecule has 0 aromatic heterocycles. The first-order valence-corrected chi connectivity index (χ1v) is 8.54. The second kappa shape index (κ2) is 6.07. The van der Waals surface area contributed by atoms with Crippen molar-refractivity contribution in [2.24, 2.45) is 0 Å². The van der Waals surface area contributed by atoms with Crippen LogP contribution in [0.4, 0.5) is 5.69 Å². The van der Waals surface area contributed by atoms with Crippen LogP contribution in [0.15, 0.2) is 53.0 Å². The fourth-order valence-corrected chi connectivity index (χ4v) is 3.51. The number of rotatable bonds is 3. The molecule has 2 saturated heterocycles. The zero-order valence-corrected chi connectivity index (χ0v) is 14.0. The minimum Gasteiger partial charge on any atom is -0.367 e. The van der Waals surface area contributed by atoms with Crippen LogP contribution >= 0.6 is 15.9 Å². The summed E-state index contributed by atoms with van der Waals surface area (Å²) in [6, 6.07) is 15.6. The van der Waals surface area contributed by atoms with Crippen LogP contribution in [0.1, 0.15) is 28.4 Å². The molecule has 2 aromatic carbocycles. The van der Waals surface area contributed by atoms with Crippen LogP contribution in [0.5, 0.6) is 0 Å². The van der Waals surface area contributed by atoms with Crippen LogP contribution < -0.4 is 10.6 Å². The Bertz CT molecular complexity index is 715. The molecule has 2 aromatic rings. The van der Waals surface area contributed by atoms with Crippen LogP contribution in [-0.2, 0) is 4.74 Å². The summed E-state index contributed by atoms with van der Waals surface area (Å²) in [7, 11) is 0. The van der Waals surface area contributed by atoms with E-state index in [-0.39, 0.29) is 12.0 Å². The summed E-state index contributed by atoms with van der Waals surface area (Å²) >= 11 is 3.38. The van der Waals surface area contributed by atoms with Gasteiger partial charge < -0.3 is 15.4 Å². The summed E-state index contributed by atoms with van der Waals surface area (Å²) in [6.45, 7) is 0.953. The van der Waals surface area contributed by atoms with Gasteiger partial charge in [0.05, 0.1) is 12.2 Å². The molecular formula is C18H17BrN2O2. The Balaban J connectivity index is 1.45. The fourth-order valence-electron chi connectivity index (χ4n) is 3.24. The number of carbonyl (C=O) groups is 1. The maximum Gasteiger partial charge on any atom is 0.255 e. The molecule has 2 fully saturated rings. The lowest BCUT2D eigenvalue weighted by Gasteiger charge is -2.23. The van der Waals surface area contributed by atoms with E-state index in [1.54, 1.807) is 0 Å². The van der Waals surface area contributed by atoms with Gasteiger partial charge in [-0.05, 0) is 48.4 Å². The first kappa shape index (κ1) is 14.9. The van der Waals surface area contributed by atoms with Crippen LogP contribution in [0.25, 0.3) is 0 Å². The SMILES string of the molecule is O=C(Nc1ccc(Br)cc1)c1ccc([C@@H]2O[C@H]3CN[C@@H]2C3)cc1. The van der Waals surface area contributed by atoms with Crippen molar-refractivity contribution in [3.8, 4) is 0 Å². The third-order valence-corrected chi connectivity index (χ3v) is 4.96. The van der Waals surface area contributed by atoms with Crippen LogP contribution in [0, 0.1) is 0 Å². The zero-order valence-electron chi connectivity index (χ0n) is 12.5. The number of hydrogen-bond acceptors (Lipinski definition) is 3. The van der Waals surface area contributed by atoms with Gasteiger partial charge in [-0.1, -0.05) is 28.1 Å². The van der Waals surface area contributed by atoms with E-state index in [0.717, 1.165) is 28.7 Å². The molecule has 2 aliphatic rings. The number of benzene rings is 2. The highest BCUT2D eigenvalue weighted by Crippen LogP contribution is 2.36. The van der Waals surface area contributed by atoms with Crippen molar-refractivity contribution >= 4 is 27.5 Å². The number of hydrogen-bond donors (Lipinski definition) is 2. The first-order valence-electron chi connectivity index (χ1n) is 7.75. The molecule has 2 aliphatic heterocycles. The van der Waals surface area contributed by atoms with E-state index in [2.05, 4.69) is 26.6 Å². The van der Waals surface area contributed by atoms with E-state index in [4.69, 9.17) is 4.74 Å². The van der Waals surface area contributed by atoms with Crippen LogP contribution in [0.3, 0.4) is 0 Å². The molecular weight excluding hydrogens is 356 g/mol. The Morgan fingerprint density at radius 2 is 1.87 bits per heavy atom. The Hall–Kier alpha value is -1.69. The number of halogens is 1. The second-order valence-electron chi connectivity index (χ2n) is 6.01. The summed E-state index contributed by atoms with van der Waals surface area (Å²) < 4.78 is 6.97. The Labute approximate surface area is 143 Å². The van der Waals surface area contributed by atoms with Crippen molar-refractivity contribution < 1.29 is 9.53 Å². The quantitative estimate of drug-likeness (QED) is 0.866. The zero-order chi connectivity index (χ0) is 15.8. The van der Waals surface area contributed by atoms with Crippen molar-refractivity contribution in [2.45, 2.75) is 24.7 Å². The molecule has 1 amide bonds. The normalized spacial score (nSPS) is 25.5. The van der Waals surface area contributed by atoms with Crippen molar-refractivity contribution in [1.29, 1.82) is 0 Å². The second-order valence-corrected chi connectivity index (χ2v) is 6.93. The van der Waals surface area contributed by atoms with E-state index in [9.17, 15) is 4.79 Å². The van der Waals surface area contributed by atoms with E-state index >= 15 is 0 Å². The Kier molecular flexibility index (Phi) is 3.93. The van der Waals surface area contributed by atoms with E-state index in [1.807, 2.05) is 48.5 Å². The molecule has 2 heterocycles. The highest BCUT2D eigenvalue weighted by atomic mass is 79.9. The lowest BCUT2D eigenvalue weighted by atomic mass is 10.0. The van der Waals surface area contributed by atoms with Crippen molar-refractivity contribution in [2.75, 3.05) is 11.9 Å². The molecule has 0 aliphatic carbocycles. The molecule has 0 spiro atoms. The van der Waals surface area contributed by atoms with Gasteiger partial charge in [-0.15, -0.1) is 0 Å². The van der Waals surface area contributed by atoms with Crippen molar-refractivity contribution in [3.05, 3.63) is 64.1 Å². The van der Waals surface area contributed by atoms with Crippen LogP contribution in [0.2, 0.25) is 0 Å². The molecule has 3 atom stereocenters. The average molecular weight is 373 g/mol. The van der Waals surface area contributed by atoms with Gasteiger partial charge in [0.15, 0.2) is 0 Å². The summed E-state index contributed by atoms with van der Waals surface area (Å²) in [4.78, 5) is 12.3. The Morgan fingerprint density at radius 3 is 2.48 bits per heavy atom. The fraction of sp³-hybridized carbons (Fsp3) is 0.278. The maximum absolute atomic E-state index is 12.3. The van der Waals surface area contributed by atoms with Gasteiger partial charge in [-0.2, -0.15) is 0 Å². The topological polar surface area (TPSA) is 50.4 Å². The minimum absolute atomic E-state index is 0.106. The molecule has 4 nitrogen and oxygen atoms in total. The van der Waals surface area contributed by atoms with Gasteiger partial charge in [-0.3, -0.25) is 4.79 Å².